The lowest BCUT2D eigenvalue weighted by Crippen LogP contribution is -1.88. The van der Waals surface area contributed by atoms with Crippen LogP contribution in [-0.2, 0) is 7.05 Å². The number of rotatable bonds is 2. The third kappa shape index (κ3) is 1.97. The zero-order valence-corrected chi connectivity index (χ0v) is 10.2. The van der Waals surface area contributed by atoms with Crippen molar-refractivity contribution in [3.05, 3.63) is 42.6 Å². The van der Waals surface area contributed by atoms with Crippen LogP contribution >= 0.6 is 0 Å². The van der Waals surface area contributed by atoms with Crippen LogP contribution in [0.1, 0.15) is 0 Å². The van der Waals surface area contributed by atoms with E-state index in [1.165, 1.54) is 12.1 Å². The van der Waals surface area contributed by atoms with Gasteiger partial charge in [-0.3, -0.25) is 0 Å². The molecule has 0 aliphatic rings. The fraction of sp³-hybridized carbons (Fsp3) is 0.0769. The van der Waals surface area contributed by atoms with Gasteiger partial charge in [0.05, 0.1) is 11.9 Å². The normalized spacial score (nSPS) is 10.8. The Morgan fingerprint density at radius 1 is 1.26 bits per heavy atom. The standard InChI is InChI=1S/C13H11FN4O/c1-18-6-10(16-7-18)12-11(13(15)19-17-12)8-2-4-9(14)5-3-8/h2-7H,15H2,1H3. The summed E-state index contributed by atoms with van der Waals surface area (Å²) < 4.78 is 19.8. The molecular weight excluding hydrogens is 247 g/mol. The van der Waals surface area contributed by atoms with E-state index in [4.69, 9.17) is 10.3 Å². The molecule has 2 heterocycles. The van der Waals surface area contributed by atoms with Crippen LogP contribution in [0.2, 0.25) is 0 Å². The first-order chi connectivity index (χ1) is 9.15. The summed E-state index contributed by atoms with van der Waals surface area (Å²) in [6.07, 6.45) is 3.47. The topological polar surface area (TPSA) is 69.9 Å². The van der Waals surface area contributed by atoms with Gasteiger partial charge in [0.1, 0.15) is 17.2 Å². The van der Waals surface area contributed by atoms with Crippen LogP contribution in [0.4, 0.5) is 10.3 Å². The van der Waals surface area contributed by atoms with Gasteiger partial charge in [0, 0.05) is 13.2 Å². The minimum atomic E-state index is -0.307. The number of imidazole rings is 1. The quantitative estimate of drug-likeness (QED) is 0.766. The number of aryl methyl sites for hydroxylation is 1. The highest BCUT2D eigenvalue weighted by atomic mass is 19.1. The molecule has 0 fully saturated rings. The average Bonchev–Trinajstić information content (AvgIpc) is 2.97. The summed E-state index contributed by atoms with van der Waals surface area (Å²) in [7, 11) is 1.86. The first-order valence-electron chi connectivity index (χ1n) is 5.64. The lowest BCUT2D eigenvalue weighted by molar-refractivity contribution is 0.439. The molecular formula is C13H11FN4O. The SMILES string of the molecule is Cn1cnc(-c2noc(N)c2-c2ccc(F)cc2)c1. The molecule has 0 aliphatic carbocycles. The van der Waals surface area contributed by atoms with E-state index in [9.17, 15) is 4.39 Å². The van der Waals surface area contributed by atoms with Gasteiger partial charge in [-0.25, -0.2) is 9.37 Å². The van der Waals surface area contributed by atoms with Gasteiger partial charge in [-0.15, -0.1) is 0 Å². The molecule has 6 heteroatoms. The predicted octanol–water partition coefficient (Wildman–Crippen LogP) is 2.46. The summed E-state index contributed by atoms with van der Waals surface area (Å²) >= 11 is 0. The molecule has 3 rings (SSSR count). The number of benzene rings is 1. The number of nitrogens with zero attached hydrogens (tertiary/aromatic N) is 3. The molecule has 0 amide bonds. The Hall–Kier alpha value is -2.63. The van der Waals surface area contributed by atoms with Gasteiger partial charge in [-0.2, -0.15) is 0 Å². The van der Waals surface area contributed by atoms with Crippen LogP contribution in [0.25, 0.3) is 22.5 Å². The first kappa shape index (κ1) is 11.5. The Morgan fingerprint density at radius 2 is 2.00 bits per heavy atom. The second-order valence-electron chi connectivity index (χ2n) is 4.20. The summed E-state index contributed by atoms with van der Waals surface area (Å²) in [5.74, 6) is -0.120. The number of hydrogen-bond acceptors (Lipinski definition) is 4. The van der Waals surface area contributed by atoms with Crippen molar-refractivity contribution in [1.29, 1.82) is 0 Å². The highest BCUT2D eigenvalue weighted by Crippen LogP contribution is 2.35. The lowest BCUT2D eigenvalue weighted by Gasteiger charge is -2.00. The Morgan fingerprint density at radius 3 is 2.63 bits per heavy atom. The predicted molar refractivity (Wildman–Crippen MR) is 68.5 cm³/mol. The first-order valence-corrected chi connectivity index (χ1v) is 5.64. The summed E-state index contributed by atoms with van der Waals surface area (Å²) in [4.78, 5) is 4.21. The van der Waals surface area contributed by atoms with Crippen LogP contribution in [0, 0.1) is 5.82 Å². The second-order valence-corrected chi connectivity index (χ2v) is 4.20. The third-order valence-corrected chi connectivity index (χ3v) is 2.80. The number of halogens is 1. The van der Waals surface area contributed by atoms with Crippen molar-refractivity contribution in [3.63, 3.8) is 0 Å². The van der Waals surface area contributed by atoms with Crippen LogP contribution in [-0.4, -0.2) is 14.7 Å². The monoisotopic (exact) mass is 258 g/mol. The molecule has 1 aromatic carbocycles. The van der Waals surface area contributed by atoms with Crippen molar-refractivity contribution in [2.24, 2.45) is 7.05 Å². The Labute approximate surface area is 108 Å². The van der Waals surface area contributed by atoms with Crippen molar-refractivity contribution < 1.29 is 8.91 Å². The second kappa shape index (κ2) is 4.24. The maximum Gasteiger partial charge on any atom is 0.230 e. The lowest BCUT2D eigenvalue weighted by atomic mass is 10.0. The van der Waals surface area contributed by atoms with Crippen molar-refractivity contribution in [3.8, 4) is 22.5 Å². The van der Waals surface area contributed by atoms with Crippen molar-refractivity contribution >= 4 is 5.88 Å². The number of aromatic nitrogens is 3. The summed E-state index contributed by atoms with van der Waals surface area (Å²) in [6.45, 7) is 0. The van der Waals surface area contributed by atoms with E-state index in [0.29, 0.717) is 17.0 Å². The maximum absolute atomic E-state index is 13.0. The maximum atomic E-state index is 13.0. The largest absolute Gasteiger partial charge is 0.367 e. The number of nitrogen functional groups attached to an aromatic ring is 1. The number of nitrogens with two attached hydrogens (primary N) is 1. The van der Waals surface area contributed by atoms with E-state index < -0.39 is 0 Å². The van der Waals surface area contributed by atoms with E-state index in [-0.39, 0.29) is 11.7 Å². The smallest absolute Gasteiger partial charge is 0.230 e. The number of hydrogen-bond donors (Lipinski definition) is 1. The molecule has 0 unspecified atom stereocenters. The zero-order valence-electron chi connectivity index (χ0n) is 10.2. The minimum absolute atomic E-state index is 0.187. The zero-order chi connectivity index (χ0) is 13.4. The molecule has 0 bridgehead atoms. The van der Waals surface area contributed by atoms with E-state index in [2.05, 4.69) is 10.1 Å². The summed E-state index contributed by atoms with van der Waals surface area (Å²) in [6, 6.07) is 5.99. The van der Waals surface area contributed by atoms with Crippen LogP contribution in [0.5, 0.6) is 0 Å². The van der Waals surface area contributed by atoms with Crippen molar-refractivity contribution in [1.82, 2.24) is 14.7 Å². The average molecular weight is 258 g/mol. The Balaban J connectivity index is 2.16. The van der Waals surface area contributed by atoms with Crippen LogP contribution in [0.15, 0.2) is 41.3 Å². The molecule has 0 atom stereocenters. The summed E-state index contributed by atoms with van der Waals surface area (Å²) in [5.41, 5.74) is 8.36. The van der Waals surface area contributed by atoms with Gasteiger partial charge in [0.25, 0.3) is 0 Å². The molecule has 96 valence electrons. The molecule has 0 spiro atoms. The molecule has 2 N–H and O–H groups in total. The van der Waals surface area contributed by atoms with Crippen LogP contribution in [0.3, 0.4) is 0 Å². The molecule has 5 nitrogen and oxygen atoms in total. The van der Waals surface area contributed by atoms with E-state index >= 15 is 0 Å². The third-order valence-electron chi connectivity index (χ3n) is 2.80. The van der Waals surface area contributed by atoms with Crippen molar-refractivity contribution in [2.75, 3.05) is 5.73 Å². The van der Waals surface area contributed by atoms with Gasteiger partial charge in [0.2, 0.25) is 5.88 Å². The number of anilines is 1. The highest BCUT2D eigenvalue weighted by Gasteiger charge is 2.18. The molecule has 19 heavy (non-hydrogen) atoms. The van der Waals surface area contributed by atoms with Gasteiger partial charge in [-0.1, -0.05) is 17.3 Å². The molecule has 2 aromatic heterocycles. The minimum Gasteiger partial charge on any atom is -0.367 e. The highest BCUT2D eigenvalue weighted by molar-refractivity contribution is 5.85. The molecule has 0 radical (unpaired) electrons. The van der Waals surface area contributed by atoms with E-state index in [1.807, 2.05) is 13.2 Å². The Kier molecular flexibility index (Phi) is 2.56. The van der Waals surface area contributed by atoms with E-state index in [1.54, 1.807) is 23.0 Å². The Bertz CT molecular complexity index is 715. The fourth-order valence-electron chi connectivity index (χ4n) is 1.91. The van der Waals surface area contributed by atoms with Gasteiger partial charge in [0.15, 0.2) is 0 Å². The van der Waals surface area contributed by atoms with Gasteiger partial charge in [-0.05, 0) is 17.7 Å². The fourth-order valence-corrected chi connectivity index (χ4v) is 1.91. The van der Waals surface area contributed by atoms with Gasteiger partial charge < -0.3 is 14.8 Å². The molecule has 0 saturated carbocycles. The van der Waals surface area contributed by atoms with Gasteiger partial charge >= 0.3 is 0 Å². The van der Waals surface area contributed by atoms with E-state index in [0.717, 1.165) is 5.56 Å². The molecule has 3 aromatic rings. The molecule has 0 saturated heterocycles. The van der Waals surface area contributed by atoms with Crippen molar-refractivity contribution in [2.45, 2.75) is 0 Å². The summed E-state index contributed by atoms with van der Waals surface area (Å²) in [5, 5.41) is 3.93. The molecule has 0 aliphatic heterocycles. The van der Waals surface area contributed by atoms with Crippen LogP contribution < -0.4 is 5.73 Å².